The Labute approximate surface area is 171 Å². The van der Waals surface area contributed by atoms with Gasteiger partial charge in [0.2, 0.25) is 10.0 Å². The zero-order valence-electron chi connectivity index (χ0n) is 16.7. The number of benzene rings is 3. The first-order chi connectivity index (χ1) is 13.8. The number of rotatable bonds is 6. The molecule has 3 rings (SSSR count). The summed E-state index contributed by atoms with van der Waals surface area (Å²) in [5, 5.41) is 2.89. The molecule has 0 radical (unpaired) electrons. The molecule has 0 spiro atoms. The lowest BCUT2D eigenvalue weighted by atomic mass is 10.1. The smallest absolute Gasteiger partial charge is 0.255 e. The van der Waals surface area contributed by atoms with Crippen LogP contribution in [0.5, 0.6) is 0 Å². The maximum atomic E-state index is 12.8. The summed E-state index contributed by atoms with van der Waals surface area (Å²) >= 11 is 0. The van der Waals surface area contributed by atoms with Crippen molar-refractivity contribution in [1.29, 1.82) is 0 Å². The minimum Gasteiger partial charge on any atom is -0.322 e. The van der Waals surface area contributed by atoms with Crippen molar-refractivity contribution >= 4 is 21.6 Å². The van der Waals surface area contributed by atoms with Gasteiger partial charge in [-0.05, 0) is 61.2 Å². The maximum Gasteiger partial charge on any atom is 0.255 e. The van der Waals surface area contributed by atoms with E-state index in [1.54, 1.807) is 13.0 Å². The van der Waals surface area contributed by atoms with E-state index >= 15 is 0 Å². The molecular weight excluding hydrogens is 384 g/mol. The third-order valence-electron chi connectivity index (χ3n) is 4.71. The third kappa shape index (κ3) is 5.10. The highest BCUT2D eigenvalue weighted by molar-refractivity contribution is 7.89. The van der Waals surface area contributed by atoms with Gasteiger partial charge in [-0.3, -0.25) is 4.79 Å². The standard InChI is InChI=1S/C23H24N2O3S/c1-16-9-10-18(3)22(13-16)25-23(26)21-14-20(12-11-17(21)2)29(27,28)24-15-19-7-5-4-6-8-19/h4-14,24H,15H2,1-3H3,(H,25,26). The largest absolute Gasteiger partial charge is 0.322 e. The van der Waals surface area contributed by atoms with Gasteiger partial charge in [0.25, 0.3) is 5.91 Å². The van der Waals surface area contributed by atoms with Crippen LogP contribution in [0.1, 0.15) is 32.6 Å². The predicted octanol–water partition coefficient (Wildman–Crippen LogP) is 4.34. The molecule has 6 heteroatoms. The molecule has 3 aromatic rings. The molecule has 29 heavy (non-hydrogen) atoms. The first-order valence-electron chi connectivity index (χ1n) is 9.29. The molecule has 3 aromatic carbocycles. The van der Waals surface area contributed by atoms with Gasteiger partial charge in [-0.1, -0.05) is 48.5 Å². The number of aryl methyl sites for hydroxylation is 3. The normalized spacial score (nSPS) is 11.3. The molecule has 0 saturated carbocycles. The monoisotopic (exact) mass is 408 g/mol. The summed E-state index contributed by atoms with van der Waals surface area (Å²) < 4.78 is 28.0. The second-order valence-corrected chi connectivity index (χ2v) is 8.83. The number of carbonyl (C=O) groups is 1. The van der Waals surface area contributed by atoms with E-state index in [0.29, 0.717) is 16.8 Å². The Morgan fingerprint density at radius 3 is 2.28 bits per heavy atom. The number of sulfonamides is 1. The van der Waals surface area contributed by atoms with Crippen LogP contribution in [0.3, 0.4) is 0 Å². The van der Waals surface area contributed by atoms with Crippen LogP contribution in [0.25, 0.3) is 0 Å². The van der Waals surface area contributed by atoms with Gasteiger partial charge in [-0.15, -0.1) is 0 Å². The van der Waals surface area contributed by atoms with Crippen LogP contribution in [0.15, 0.2) is 71.6 Å². The molecule has 0 atom stereocenters. The van der Waals surface area contributed by atoms with Gasteiger partial charge in [0.15, 0.2) is 0 Å². The molecule has 1 amide bonds. The third-order valence-corrected chi connectivity index (χ3v) is 6.11. The van der Waals surface area contributed by atoms with Crippen LogP contribution in [0.4, 0.5) is 5.69 Å². The van der Waals surface area contributed by atoms with E-state index in [4.69, 9.17) is 0 Å². The first kappa shape index (κ1) is 20.8. The molecule has 0 fully saturated rings. The van der Waals surface area contributed by atoms with Crippen LogP contribution in [0, 0.1) is 20.8 Å². The Balaban J connectivity index is 1.83. The number of nitrogens with one attached hydrogen (secondary N) is 2. The highest BCUT2D eigenvalue weighted by Gasteiger charge is 2.18. The summed E-state index contributed by atoms with van der Waals surface area (Å²) in [6, 6.07) is 19.7. The fraction of sp³-hybridized carbons (Fsp3) is 0.174. The Morgan fingerprint density at radius 1 is 0.862 bits per heavy atom. The van der Waals surface area contributed by atoms with Crippen molar-refractivity contribution < 1.29 is 13.2 Å². The molecule has 0 aromatic heterocycles. The molecular formula is C23H24N2O3S. The van der Waals surface area contributed by atoms with E-state index in [-0.39, 0.29) is 17.3 Å². The van der Waals surface area contributed by atoms with E-state index in [0.717, 1.165) is 16.7 Å². The van der Waals surface area contributed by atoms with Crippen molar-refractivity contribution in [2.75, 3.05) is 5.32 Å². The number of hydrogen-bond acceptors (Lipinski definition) is 3. The SMILES string of the molecule is Cc1ccc(C)c(NC(=O)c2cc(S(=O)(=O)NCc3ccccc3)ccc2C)c1. The molecule has 150 valence electrons. The van der Waals surface area contributed by atoms with Crippen LogP contribution in [-0.2, 0) is 16.6 Å². The van der Waals surface area contributed by atoms with Crippen LogP contribution >= 0.6 is 0 Å². The van der Waals surface area contributed by atoms with Crippen molar-refractivity contribution in [3.63, 3.8) is 0 Å². The second kappa shape index (κ2) is 8.59. The average molecular weight is 409 g/mol. The number of amides is 1. The molecule has 0 aliphatic carbocycles. The van der Waals surface area contributed by atoms with E-state index in [2.05, 4.69) is 10.0 Å². The Hall–Kier alpha value is -2.96. The molecule has 0 aliphatic rings. The molecule has 0 bridgehead atoms. The summed E-state index contributed by atoms with van der Waals surface area (Å²) in [6.45, 7) is 5.83. The van der Waals surface area contributed by atoms with E-state index < -0.39 is 10.0 Å². The lowest BCUT2D eigenvalue weighted by Crippen LogP contribution is -2.24. The molecule has 0 saturated heterocycles. The van der Waals surface area contributed by atoms with Crippen molar-refractivity contribution in [1.82, 2.24) is 4.72 Å². The van der Waals surface area contributed by atoms with Gasteiger partial charge in [0, 0.05) is 17.8 Å². The second-order valence-electron chi connectivity index (χ2n) is 7.06. The lowest BCUT2D eigenvalue weighted by Gasteiger charge is -2.13. The molecule has 2 N–H and O–H groups in total. The molecule has 5 nitrogen and oxygen atoms in total. The van der Waals surface area contributed by atoms with Crippen LogP contribution in [0.2, 0.25) is 0 Å². The predicted molar refractivity (Wildman–Crippen MR) is 116 cm³/mol. The Morgan fingerprint density at radius 2 is 1.55 bits per heavy atom. The summed E-state index contributed by atoms with van der Waals surface area (Å²) in [5.41, 5.74) is 4.57. The molecule has 0 unspecified atom stereocenters. The maximum absolute atomic E-state index is 12.8. The zero-order chi connectivity index (χ0) is 21.0. The summed E-state index contributed by atoms with van der Waals surface area (Å²) in [6.07, 6.45) is 0. The van der Waals surface area contributed by atoms with Crippen molar-refractivity contribution in [2.45, 2.75) is 32.2 Å². The minimum atomic E-state index is -3.75. The quantitative estimate of drug-likeness (QED) is 0.637. The molecule has 0 aliphatic heterocycles. The average Bonchev–Trinajstić information content (AvgIpc) is 2.70. The van der Waals surface area contributed by atoms with Crippen molar-refractivity contribution in [2.24, 2.45) is 0 Å². The van der Waals surface area contributed by atoms with Crippen LogP contribution < -0.4 is 10.0 Å². The lowest BCUT2D eigenvalue weighted by molar-refractivity contribution is 0.102. The Kier molecular flexibility index (Phi) is 6.15. The molecule has 0 heterocycles. The fourth-order valence-corrected chi connectivity index (χ4v) is 3.97. The van der Waals surface area contributed by atoms with Gasteiger partial charge in [-0.2, -0.15) is 0 Å². The number of carbonyl (C=O) groups excluding carboxylic acids is 1. The number of anilines is 1. The van der Waals surface area contributed by atoms with Crippen molar-refractivity contribution in [3.05, 3.63) is 94.5 Å². The van der Waals surface area contributed by atoms with Gasteiger partial charge in [0.1, 0.15) is 0 Å². The zero-order valence-corrected chi connectivity index (χ0v) is 17.5. The van der Waals surface area contributed by atoms with Gasteiger partial charge < -0.3 is 5.32 Å². The summed E-state index contributed by atoms with van der Waals surface area (Å²) in [7, 11) is -3.75. The summed E-state index contributed by atoms with van der Waals surface area (Å²) in [4.78, 5) is 12.9. The highest BCUT2D eigenvalue weighted by Crippen LogP contribution is 2.20. The van der Waals surface area contributed by atoms with Gasteiger partial charge in [0.05, 0.1) is 4.90 Å². The van der Waals surface area contributed by atoms with Crippen molar-refractivity contribution in [3.8, 4) is 0 Å². The van der Waals surface area contributed by atoms with E-state index in [1.807, 2.05) is 62.4 Å². The Bertz CT molecular complexity index is 1140. The topological polar surface area (TPSA) is 75.3 Å². The van der Waals surface area contributed by atoms with E-state index in [9.17, 15) is 13.2 Å². The number of hydrogen-bond donors (Lipinski definition) is 2. The highest BCUT2D eigenvalue weighted by atomic mass is 32.2. The summed E-state index contributed by atoms with van der Waals surface area (Å²) in [5.74, 6) is -0.337. The van der Waals surface area contributed by atoms with E-state index in [1.165, 1.54) is 12.1 Å². The fourth-order valence-electron chi connectivity index (χ4n) is 2.93. The van der Waals surface area contributed by atoms with Crippen LogP contribution in [-0.4, -0.2) is 14.3 Å². The van der Waals surface area contributed by atoms with Gasteiger partial charge in [-0.25, -0.2) is 13.1 Å². The van der Waals surface area contributed by atoms with Gasteiger partial charge >= 0.3 is 0 Å². The first-order valence-corrected chi connectivity index (χ1v) is 10.8. The minimum absolute atomic E-state index is 0.0603.